The van der Waals surface area contributed by atoms with Crippen molar-refractivity contribution >= 4 is 5.95 Å². The van der Waals surface area contributed by atoms with Gasteiger partial charge in [0.15, 0.2) is 0 Å². The van der Waals surface area contributed by atoms with E-state index in [1.165, 1.54) is 0 Å². The van der Waals surface area contributed by atoms with Gasteiger partial charge in [-0.3, -0.25) is 4.68 Å². The molecule has 6 heteroatoms. The summed E-state index contributed by atoms with van der Waals surface area (Å²) in [5.74, 6) is 1.20. The Labute approximate surface area is 124 Å². The molecule has 2 aromatic rings. The van der Waals surface area contributed by atoms with Crippen molar-refractivity contribution in [3.05, 3.63) is 35.9 Å². The van der Waals surface area contributed by atoms with E-state index in [4.69, 9.17) is 5.11 Å². The van der Waals surface area contributed by atoms with Gasteiger partial charge in [-0.05, 0) is 25.0 Å². The van der Waals surface area contributed by atoms with Crippen LogP contribution >= 0.6 is 0 Å². The first kappa shape index (κ1) is 14.0. The fraction of sp³-hybridized carbons (Fsp3) is 0.533. The molecule has 1 aliphatic rings. The third-order valence-electron chi connectivity index (χ3n) is 4.04. The van der Waals surface area contributed by atoms with E-state index in [-0.39, 0.29) is 6.61 Å². The van der Waals surface area contributed by atoms with Crippen LogP contribution < -0.4 is 4.90 Å². The van der Waals surface area contributed by atoms with Crippen LogP contribution in [0, 0.1) is 0 Å². The number of aromatic nitrogens is 4. The molecule has 1 saturated heterocycles. The molecule has 0 unspecified atom stereocenters. The smallest absolute Gasteiger partial charge is 0.225 e. The van der Waals surface area contributed by atoms with Gasteiger partial charge < -0.3 is 10.0 Å². The van der Waals surface area contributed by atoms with Crippen molar-refractivity contribution in [3.63, 3.8) is 0 Å². The molecular formula is C15H21N5O. The SMILES string of the molecule is Cn1nc([C@@H]2CCCN(c3ncccn3)C2)cc1CCO. The van der Waals surface area contributed by atoms with Gasteiger partial charge in [-0.1, -0.05) is 0 Å². The summed E-state index contributed by atoms with van der Waals surface area (Å²) in [5.41, 5.74) is 2.20. The standard InChI is InChI=1S/C15H21N5O/c1-19-13(5-9-21)10-14(18-19)12-4-2-8-20(11-12)15-16-6-3-7-17-15/h3,6-7,10,12,21H,2,4-5,8-9,11H2,1H3/t12-/m1/s1. The Bertz CT molecular complexity index is 583. The molecule has 3 heterocycles. The number of aliphatic hydroxyl groups excluding tert-OH is 1. The van der Waals surface area contributed by atoms with Gasteiger partial charge >= 0.3 is 0 Å². The van der Waals surface area contributed by atoms with Crippen LogP contribution in [0.15, 0.2) is 24.5 Å². The molecule has 0 aliphatic carbocycles. The fourth-order valence-electron chi connectivity index (χ4n) is 2.93. The first-order valence-corrected chi connectivity index (χ1v) is 7.43. The van der Waals surface area contributed by atoms with Gasteiger partial charge in [0, 0.05) is 57.2 Å². The van der Waals surface area contributed by atoms with Gasteiger partial charge in [0.05, 0.1) is 5.69 Å². The number of piperidine rings is 1. The maximum Gasteiger partial charge on any atom is 0.225 e. The second-order valence-corrected chi connectivity index (χ2v) is 5.49. The van der Waals surface area contributed by atoms with Gasteiger partial charge in [-0.2, -0.15) is 5.10 Å². The molecule has 0 amide bonds. The lowest BCUT2D eigenvalue weighted by Gasteiger charge is -2.31. The fourth-order valence-corrected chi connectivity index (χ4v) is 2.93. The Balaban J connectivity index is 1.75. The predicted octanol–water partition coefficient (Wildman–Crippen LogP) is 1.13. The van der Waals surface area contributed by atoms with E-state index in [1.54, 1.807) is 12.4 Å². The summed E-state index contributed by atoms with van der Waals surface area (Å²) in [6.07, 6.45) is 6.48. The summed E-state index contributed by atoms with van der Waals surface area (Å²) in [5, 5.41) is 13.7. The van der Waals surface area contributed by atoms with Crippen LogP contribution in [0.3, 0.4) is 0 Å². The first-order valence-electron chi connectivity index (χ1n) is 7.43. The number of anilines is 1. The number of nitrogens with zero attached hydrogens (tertiary/aromatic N) is 5. The van der Waals surface area contributed by atoms with Crippen molar-refractivity contribution < 1.29 is 5.11 Å². The molecule has 3 rings (SSSR count). The molecule has 2 aromatic heterocycles. The van der Waals surface area contributed by atoms with Crippen LogP contribution in [0.5, 0.6) is 0 Å². The van der Waals surface area contributed by atoms with Crippen molar-refractivity contribution in [1.82, 2.24) is 19.7 Å². The molecule has 1 fully saturated rings. The molecule has 1 aliphatic heterocycles. The molecule has 1 N–H and O–H groups in total. The minimum atomic E-state index is 0.160. The second-order valence-electron chi connectivity index (χ2n) is 5.49. The van der Waals surface area contributed by atoms with E-state index in [0.717, 1.165) is 43.3 Å². The summed E-state index contributed by atoms with van der Waals surface area (Å²) in [6, 6.07) is 3.96. The number of aliphatic hydroxyl groups is 1. The minimum absolute atomic E-state index is 0.160. The molecule has 0 aromatic carbocycles. The average Bonchev–Trinajstić information content (AvgIpc) is 2.90. The topological polar surface area (TPSA) is 67.1 Å². The highest BCUT2D eigenvalue weighted by Crippen LogP contribution is 2.28. The Morgan fingerprint density at radius 2 is 2.14 bits per heavy atom. The third-order valence-corrected chi connectivity index (χ3v) is 4.04. The third kappa shape index (κ3) is 3.05. The van der Waals surface area contributed by atoms with Crippen molar-refractivity contribution in [3.8, 4) is 0 Å². The number of hydrogen-bond donors (Lipinski definition) is 1. The van der Waals surface area contributed by atoms with Crippen LogP contribution in [0.2, 0.25) is 0 Å². The zero-order chi connectivity index (χ0) is 14.7. The maximum atomic E-state index is 9.09. The van der Waals surface area contributed by atoms with Gasteiger partial charge in [0.1, 0.15) is 0 Å². The van der Waals surface area contributed by atoms with Crippen molar-refractivity contribution in [2.24, 2.45) is 7.05 Å². The molecule has 6 nitrogen and oxygen atoms in total. The monoisotopic (exact) mass is 287 g/mol. The molecule has 1 atom stereocenters. The Morgan fingerprint density at radius 1 is 1.33 bits per heavy atom. The van der Waals surface area contributed by atoms with Crippen LogP contribution in [0.4, 0.5) is 5.95 Å². The van der Waals surface area contributed by atoms with Crippen LogP contribution in [0.25, 0.3) is 0 Å². The van der Waals surface area contributed by atoms with Crippen LogP contribution in [-0.2, 0) is 13.5 Å². The lowest BCUT2D eigenvalue weighted by atomic mass is 9.95. The normalized spacial score (nSPS) is 19.0. The van der Waals surface area contributed by atoms with Crippen molar-refractivity contribution in [2.45, 2.75) is 25.2 Å². The molecule has 0 saturated carbocycles. The van der Waals surface area contributed by atoms with Gasteiger partial charge in [0.25, 0.3) is 0 Å². The lowest BCUT2D eigenvalue weighted by Crippen LogP contribution is -2.35. The highest BCUT2D eigenvalue weighted by molar-refractivity contribution is 5.31. The van der Waals surface area contributed by atoms with E-state index in [9.17, 15) is 0 Å². The quantitative estimate of drug-likeness (QED) is 0.913. The summed E-state index contributed by atoms with van der Waals surface area (Å²) in [7, 11) is 1.94. The van der Waals surface area contributed by atoms with E-state index in [1.807, 2.05) is 17.8 Å². The number of rotatable bonds is 4. The van der Waals surface area contributed by atoms with Gasteiger partial charge in [0.2, 0.25) is 5.95 Å². The lowest BCUT2D eigenvalue weighted by molar-refractivity contribution is 0.296. The molecule has 21 heavy (non-hydrogen) atoms. The van der Waals surface area contributed by atoms with Crippen molar-refractivity contribution in [2.75, 3.05) is 24.6 Å². The predicted molar refractivity (Wildman–Crippen MR) is 80.2 cm³/mol. The Morgan fingerprint density at radius 3 is 2.90 bits per heavy atom. The van der Waals surface area contributed by atoms with Crippen LogP contribution in [-0.4, -0.2) is 44.6 Å². The van der Waals surface area contributed by atoms with E-state index in [2.05, 4.69) is 26.0 Å². The minimum Gasteiger partial charge on any atom is -0.396 e. The molecule has 0 spiro atoms. The summed E-state index contributed by atoms with van der Waals surface area (Å²) in [6.45, 7) is 2.06. The zero-order valence-electron chi connectivity index (χ0n) is 12.3. The van der Waals surface area contributed by atoms with Crippen LogP contribution in [0.1, 0.15) is 30.1 Å². The number of aryl methyl sites for hydroxylation is 1. The Kier molecular flexibility index (Phi) is 4.15. The highest BCUT2D eigenvalue weighted by Gasteiger charge is 2.25. The average molecular weight is 287 g/mol. The largest absolute Gasteiger partial charge is 0.396 e. The van der Waals surface area contributed by atoms with Gasteiger partial charge in [-0.15, -0.1) is 0 Å². The zero-order valence-corrected chi connectivity index (χ0v) is 12.3. The summed E-state index contributed by atoms with van der Waals surface area (Å²) < 4.78 is 1.88. The molecule has 112 valence electrons. The Hall–Kier alpha value is -1.95. The molecule has 0 radical (unpaired) electrons. The van der Waals surface area contributed by atoms with Gasteiger partial charge in [-0.25, -0.2) is 9.97 Å². The summed E-state index contributed by atoms with van der Waals surface area (Å²) >= 11 is 0. The maximum absolute atomic E-state index is 9.09. The summed E-state index contributed by atoms with van der Waals surface area (Å²) in [4.78, 5) is 10.9. The highest BCUT2D eigenvalue weighted by atomic mass is 16.3. The van der Waals surface area contributed by atoms with E-state index >= 15 is 0 Å². The molecule has 0 bridgehead atoms. The van der Waals surface area contributed by atoms with E-state index in [0.29, 0.717) is 12.3 Å². The first-order chi connectivity index (χ1) is 10.3. The number of hydrogen-bond acceptors (Lipinski definition) is 5. The van der Waals surface area contributed by atoms with E-state index < -0.39 is 0 Å². The second kappa shape index (κ2) is 6.22. The molecular weight excluding hydrogens is 266 g/mol. The van der Waals surface area contributed by atoms with Crippen molar-refractivity contribution in [1.29, 1.82) is 0 Å².